The van der Waals surface area contributed by atoms with Crippen molar-refractivity contribution in [3.05, 3.63) is 22.3 Å². The molecule has 0 aromatic carbocycles. The van der Waals surface area contributed by atoms with Crippen molar-refractivity contribution < 1.29 is 4.79 Å². The van der Waals surface area contributed by atoms with E-state index in [4.69, 9.17) is 0 Å². The quantitative estimate of drug-likeness (QED) is 0.551. The highest BCUT2D eigenvalue weighted by atomic mass is 16.1. The fourth-order valence-corrected chi connectivity index (χ4v) is 2.17. The standard InChI is InChI=1S/C10H10N4O/c15-6-14-5-8-2-1-7-3-11-13-9(4-12-14)10(7)8/h3-4,6,12H,1-2,5H2. The maximum Gasteiger partial charge on any atom is 0.228 e. The molecule has 0 unspecified atom stereocenters. The Bertz CT molecular complexity index is 537. The molecule has 5 nitrogen and oxygen atoms in total. The second-order valence-electron chi connectivity index (χ2n) is 3.74. The highest BCUT2D eigenvalue weighted by Crippen LogP contribution is 2.13. The summed E-state index contributed by atoms with van der Waals surface area (Å²) in [6.45, 7) is 0.631. The Morgan fingerprint density at radius 2 is 2.40 bits per heavy atom. The molecule has 0 atom stereocenters. The van der Waals surface area contributed by atoms with Crippen molar-refractivity contribution in [2.24, 2.45) is 0 Å². The van der Waals surface area contributed by atoms with E-state index in [1.54, 1.807) is 6.20 Å². The summed E-state index contributed by atoms with van der Waals surface area (Å²) in [5.41, 5.74) is 5.40. The first-order valence-corrected chi connectivity index (χ1v) is 4.89. The molecule has 0 saturated carbocycles. The SMILES string of the molecule is O=CN1CC2=c3c(cnnc3=CN1)CC2. The van der Waals surface area contributed by atoms with Gasteiger partial charge in [-0.2, -0.15) is 5.10 Å². The van der Waals surface area contributed by atoms with Crippen LogP contribution in [0.1, 0.15) is 12.0 Å². The smallest absolute Gasteiger partial charge is 0.228 e. The molecule has 2 aliphatic rings. The minimum atomic E-state index is 0.631. The molecule has 1 aromatic heterocycles. The molecule has 3 rings (SSSR count). The Balaban J connectivity index is 2.29. The molecule has 1 aliphatic carbocycles. The number of nitrogens with one attached hydrogen (secondary N) is 1. The van der Waals surface area contributed by atoms with Gasteiger partial charge in [-0.05, 0) is 24.0 Å². The average molecular weight is 202 g/mol. The first kappa shape index (κ1) is 8.40. The van der Waals surface area contributed by atoms with Crippen LogP contribution in [0.4, 0.5) is 0 Å². The number of carbonyl (C=O) groups is 1. The van der Waals surface area contributed by atoms with Gasteiger partial charge in [-0.25, -0.2) is 0 Å². The highest BCUT2D eigenvalue weighted by Gasteiger charge is 2.17. The number of carbonyl (C=O) groups excluding carboxylic acids is 1. The Morgan fingerprint density at radius 1 is 1.47 bits per heavy atom. The normalized spacial score (nSPS) is 17.6. The lowest BCUT2D eigenvalue weighted by Crippen LogP contribution is -2.34. The van der Waals surface area contributed by atoms with Crippen molar-refractivity contribution in [2.45, 2.75) is 12.8 Å². The lowest BCUT2D eigenvalue weighted by molar-refractivity contribution is -0.119. The predicted octanol–water partition coefficient (Wildman–Crippen LogP) is -1.71. The van der Waals surface area contributed by atoms with Gasteiger partial charge in [0.15, 0.2) is 0 Å². The molecule has 15 heavy (non-hydrogen) atoms. The summed E-state index contributed by atoms with van der Waals surface area (Å²) in [4.78, 5) is 10.7. The molecule has 2 heterocycles. The van der Waals surface area contributed by atoms with E-state index in [2.05, 4.69) is 15.6 Å². The van der Waals surface area contributed by atoms with E-state index >= 15 is 0 Å². The second kappa shape index (κ2) is 3.05. The third-order valence-corrected chi connectivity index (χ3v) is 2.86. The Labute approximate surface area is 86.1 Å². The molecule has 0 fully saturated rings. The summed E-state index contributed by atoms with van der Waals surface area (Å²) in [5.74, 6) is 0. The van der Waals surface area contributed by atoms with Crippen LogP contribution < -0.4 is 16.0 Å². The molecule has 0 radical (unpaired) electrons. The maximum atomic E-state index is 10.7. The van der Waals surface area contributed by atoms with Crippen molar-refractivity contribution in [3.63, 3.8) is 0 Å². The van der Waals surface area contributed by atoms with Gasteiger partial charge in [-0.3, -0.25) is 9.80 Å². The summed E-state index contributed by atoms with van der Waals surface area (Å²) in [6.07, 6.45) is 6.35. The number of aromatic nitrogens is 2. The largest absolute Gasteiger partial charge is 0.301 e. The van der Waals surface area contributed by atoms with Gasteiger partial charge in [0.2, 0.25) is 6.41 Å². The van der Waals surface area contributed by atoms with Gasteiger partial charge in [0.1, 0.15) is 5.35 Å². The molecule has 1 aromatic rings. The molecular weight excluding hydrogens is 192 g/mol. The Morgan fingerprint density at radius 3 is 3.27 bits per heavy atom. The monoisotopic (exact) mass is 202 g/mol. The van der Waals surface area contributed by atoms with E-state index in [0.29, 0.717) is 6.54 Å². The molecule has 76 valence electrons. The fourth-order valence-electron chi connectivity index (χ4n) is 2.17. The number of rotatable bonds is 1. The molecule has 0 spiro atoms. The summed E-state index contributed by atoms with van der Waals surface area (Å²) in [6, 6.07) is 0. The van der Waals surface area contributed by atoms with Crippen LogP contribution in [0.15, 0.2) is 6.20 Å². The van der Waals surface area contributed by atoms with Crippen molar-refractivity contribution in [2.75, 3.05) is 6.54 Å². The lowest BCUT2D eigenvalue weighted by Gasteiger charge is -2.15. The molecule has 1 N–H and O–H groups in total. The van der Waals surface area contributed by atoms with Crippen LogP contribution in [0.3, 0.4) is 0 Å². The molecule has 1 amide bonds. The van der Waals surface area contributed by atoms with Crippen LogP contribution in [0.25, 0.3) is 11.8 Å². The molecular formula is C10H10N4O. The van der Waals surface area contributed by atoms with Gasteiger partial charge in [0.05, 0.1) is 12.7 Å². The van der Waals surface area contributed by atoms with Crippen LogP contribution in [0.5, 0.6) is 0 Å². The minimum absolute atomic E-state index is 0.631. The lowest BCUT2D eigenvalue weighted by atomic mass is 10.2. The van der Waals surface area contributed by atoms with E-state index < -0.39 is 0 Å². The maximum absolute atomic E-state index is 10.7. The summed E-state index contributed by atoms with van der Waals surface area (Å²) >= 11 is 0. The third-order valence-electron chi connectivity index (χ3n) is 2.86. The minimum Gasteiger partial charge on any atom is -0.301 e. The summed E-state index contributed by atoms with van der Waals surface area (Å²) < 4.78 is 0. The number of hydrazine groups is 1. The number of amides is 1. The van der Waals surface area contributed by atoms with Crippen molar-refractivity contribution in [3.8, 4) is 0 Å². The van der Waals surface area contributed by atoms with Crippen molar-refractivity contribution >= 4 is 18.2 Å². The van der Waals surface area contributed by atoms with Gasteiger partial charge in [-0.15, -0.1) is 5.10 Å². The van der Waals surface area contributed by atoms with E-state index in [1.807, 2.05) is 6.20 Å². The van der Waals surface area contributed by atoms with E-state index in [9.17, 15) is 4.79 Å². The summed E-state index contributed by atoms with van der Waals surface area (Å²) in [5, 5.41) is 11.6. The van der Waals surface area contributed by atoms with Crippen LogP contribution in [-0.4, -0.2) is 28.2 Å². The van der Waals surface area contributed by atoms with Gasteiger partial charge < -0.3 is 5.43 Å². The van der Waals surface area contributed by atoms with Gasteiger partial charge in [0, 0.05) is 11.4 Å². The Kier molecular flexibility index (Phi) is 1.71. The molecule has 0 bridgehead atoms. The van der Waals surface area contributed by atoms with E-state index in [0.717, 1.165) is 24.6 Å². The zero-order valence-corrected chi connectivity index (χ0v) is 8.10. The molecule has 0 saturated heterocycles. The number of hydrogen-bond donors (Lipinski definition) is 1. The van der Waals surface area contributed by atoms with Crippen LogP contribution in [0, 0.1) is 0 Å². The number of nitrogens with zero attached hydrogens (tertiary/aromatic N) is 3. The van der Waals surface area contributed by atoms with Crippen molar-refractivity contribution in [1.82, 2.24) is 20.6 Å². The fraction of sp³-hybridized carbons (Fsp3) is 0.300. The molecule has 5 heteroatoms. The van der Waals surface area contributed by atoms with Gasteiger partial charge >= 0.3 is 0 Å². The zero-order chi connectivity index (χ0) is 10.3. The average Bonchev–Trinajstić information content (AvgIpc) is 2.57. The highest BCUT2D eigenvalue weighted by molar-refractivity contribution is 5.59. The molecule has 1 aliphatic heterocycles. The van der Waals surface area contributed by atoms with Crippen molar-refractivity contribution in [1.29, 1.82) is 0 Å². The number of aryl methyl sites for hydroxylation is 1. The van der Waals surface area contributed by atoms with Gasteiger partial charge in [0.25, 0.3) is 0 Å². The first-order chi connectivity index (χ1) is 7.38. The van der Waals surface area contributed by atoms with Gasteiger partial charge in [-0.1, -0.05) is 0 Å². The Hall–Kier alpha value is -1.91. The predicted molar refractivity (Wildman–Crippen MR) is 53.4 cm³/mol. The third kappa shape index (κ3) is 1.20. The van der Waals surface area contributed by atoms with E-state index in [1.165, 1.54) is 21.4 Å². The summed E-state index contributed by atoms with van der Waals surface area (Å²) in [7, 11) is 0. The second-order valence-corrected chi connectivity index (χ2v) is 3.74. The topological polar surface area (TPSA) is 58.1 Å². The number of hydrogen-bond acceptors (Lipinski definition) is 4. The van der Waals surface area contributed by atoms with Crippen LogP contribution >= 0.6 is 0 Å². The first-order valence-electron chi connectivity index (χ1n) is 4.89. The van der Waals surface area contributed by atoms with Crippen LogP contribution in [-0.2, 0) is 11.2 Å². The zero-order valence-electron chi connectivity index (χ0n) is 8.10. The van der Waals surface area contributed by atoms with Crippen LogP contribution in [0.2, 0.25) is 0 Å². The van der Waals surface area contributed by atoms with E-state index in [-0.39, 0.29) is 0 Å².